The Morgan fingerprint density at radius 2 is 2.11 bits per heavy atom. The largest absolute Gasteiger partial charge is 0.496 e. The monoisotopic (exact) mass is 388 g/mol. The number of aliphatic hydroxyl groups is 3. The topological polar surface area (TPSA) is 105 Å². The molecule has 7 heteroatoms. The summed E-state index contributed by atoms with van der Waals surface area (Å²) in [6, 6.07) is 1.72. The maximum atomic E-state index is 12.7. The van der Waals surface area contributed by atoms with Crippen LogP contribution in [0.1, 0.15) is 37.0 Å². The number of aryl methyl sites for hydroxylation is 1. The van der Waals surface area contributed by atoms with Gasteiger partial charge >= 0.3 is 0 Å². The van der Waals surface area contributed by atoms with Gasteiger partial charge in [0.2, 0.25) is 0 Å². The number of aliphatic hydroxyl groups excluding tert-OH is 1. The second-order valence-corrected chi connectivity index (χ2v) is 8.14. The molecule has 3 atom stereocenters. The second kappa shape index (κ2) is 5.90. The standard InChI is InChI=1S/C21H24O7/c1-11-7-16-12(13(10-22)18(11)26-4)8-14-15(23)5-6-20(25)9-17(19(2,3)24)28-21(14,20)27-16/h5-8,17,22,24-25H,9-10H2,1-4H3/t17-,20-,21+/m1/s1. The summed E-state index contributed by atoms with van der Waals surface area (Å²) in [6.07, 6.45) is 3.56. The normalized spacial score (nSPS) is 30.9. The van der Waals surface area contributed by atoms with Crippen LogP contribution in [0.5, 0.6) is 11.5 Å². The summed E-state index contributed by atoms with van der Waals surface area (Å²) in [5.41, 5.74) is -1.02. The third kappa shape index (κ3) is 2.40. The average molecular weight is 388 g/mol. The van der Waals surface area contributed by atoms with Crippen molar-refractivity contribution in [1.29, 1.82) is 0 Å². The zero-order chi connectivity index (χ0) is 20.5. The molecule has 1 fully saturated rings. The van der Waals surface area contributed by atoms with E-state index in [-0.39, 0.29) is 24.4 Å². The number of methoxy groups -OCH3 is 1. The molecular formula is C21H24O7. The number of ether oxygens (including phenoxy) is 3. The highest BCUT2D eigenvalue weighted by Crippen LogP contribution is 2.55. The Morgan fingerprint density at radius 1 is 1.39 bits per heavy atom. The molecule has 0 radical (unpaired) electrons. The van der Waals surface area contributed by atoms with Gasteiger partial charge in [-0.1, -0.05) is 0 Å². The van der Waals surface area contributed by atoms with Crippen molar-refractivity contribution in [3.05, 3.63) is 40.5 Å². The van der Waals surface area contributed by atoms with Crippen LogP contribution < -0.4 is 9.47 Å². The molecule has 150 valence electrons. The van der Waals surface area contributed by atoms with Crippen LogP contribution in [0.3, 0.4) is 0 Å². The summed E-state index contributed by atoms with van der Waals surface area (Å²) in [5.74, 6) is -1.25. The molecule has 0 amide bonds. The number of hydrogen-bond acceptors (Lipinski definition) is 7. The van der Waals surface area contributed by atoms with E-state index >= 15 is 0 Å². The van der Waals surface area contributed by atoms with Crippen molar-refractivity contribution in [2.75, 3.05) is 7.11 Å². The van der Waals surface area contributed by atoms with Gasteiger partial charge in [0.25, 0.3) is 5.79 Å². The van der Waals surface area contributed by atoms with Crippen molar-refractivity contribution in [2.24, 2.45) is 0 Å². The van der Waals surface area contributed by atoms with Crippen molar-refractivity contribution in [2.45, 2.75) is 56.9 Å². The Bertz CT molecular complexity index is 924. The van der Waals surface area contributed by atoms with E-state index in [4.69, 9.17) is 14.2 Å². The number of rotatable bonds is 3. The van der Waals surface area contributed by atoms with Gasteiger partial charge in [0.15, 0.2) is 11.4 Å². The third-order valence-electron chi connectivity index (χ3n) is 5.77. The molecule has 1 saturated heterocycles. The first-order valence-electron chi connectivity index (χ1n) is 9.15. The van der Waals surface area contributed by atoms with Crippen LogP contribution in [0.2, 0.25) is 0 Å². The van der Waals surface area contributed by atoms with Crippen molar-refractivity contribution < 1.29 is 34.3 Å². The molecule has 28 heavy (non-hydrogen) atoms. The Kier molecular flexibility index (Phi) is 4.04. The minimum absolute atomic E-state index is 0.0644. The minimum atomic E-state index is -1.76. The Hall–Kier alpha value is -2.19. The van der Waals surface area contributed by atoms with Crippen molar-refractivity contribution in [1.82, 2.24) is 0 Å². The Balaban J connectivity index is 1.95. The summed E-state index contributed by atoms with van der Waals surface area (Å²) >= 11 is 0. The highest BCUT2D eigenvalue weighted by Gasteiger charge is 2.68. The van der Waals surface area contributed by atoms with Crippen molar-refractivity contribution >= 4 is 11.9 Å². The molecule has 1 aromatic rings. The zero-order valence-electron chi connectivity index (χ0n) is 16.3. The van der Waals surface area contributed by atoms with Crippen LogP contribution >= 0.6 is 0 Å². The lowest BCUT2D eigenvalue weighted by atomic mass is 9.76. The van der Waals surface area contributed by atoms with E-state index in [0.717, 1.165) is 5.56 Å². The van der Waals surface area contributed by atoms with E-state index in [0.29, 0.717) is 22.6 Å². The number of benzene rings is 1. The lowest BCUT2D eigenvalue weighted by Crippen LogP contribution is -2.59. The third-order valence-corrected chi connectivity index (χ3v) is 5.77. The van der Waals surface area contributed by atoms with E-state index in [9.17, 15) is 20.1 Å². The van der Waals surface area contributed by atoms with Gasteiger partial charge in [-0.25, -0.2) is 0 Å². The summed E-state index contributed by atoms with van der Waals surface area (Å²) in [4.78, 5) is 12.7. The van der Waals surface area contributed by atoms with Crippen LogP contribution in [0, 0.1) is 6.92 Å². The van der Waals surface area contributed by atoms with E-state index in [1.54, 1.807) is 26.0 Å². The fraction of sp³-hybridized carbons (Fsp3) is 0.476. The summed E-state index contributed by atoms with van der Waals surface area (Å²) in [7, 11) is 1.51. The molecule has 3 aliphatic rings. The predicted octanol–water partition coefficient (Wildman–Crippen LogP) is 1.40. The summed E-state index contributed by atoms with van der Waals surface area (Å²) < 4.78 is 17.6. The van der Waals surface area contributed by atoms with Gasteiger partial charge in [0, 0.05) is 17.5 Å². The molecular weight excluding hydrogens is 364 g/mol. The predicted molar refractivity (Wildman–Crippen MR) is 99.9 cm³/mol. The minimum Gasteiger partial charge on any atom is -0.496 e. The molecule has 2 heterocycles. The van der Waals surface area contributed by atoms with Gasteiger partial charge in [-0.15, -0.1) is 0 Å². The van der Waals surface area contributed by atoms with Gasteiger partial charge in [-0.05, 0) is 50.6 Å². The van der Waals surface area contributed by atoms with Crippen LogP contribution in [0.15, 0.2) is 23.8 Å². The fourth-order valence-corrected chi connectivity index (χ4v) is 4.26. The molecule has 0 unspecified atom stereocenters. The first-order valence-corrected chi connectivity index (χ1v) is 9.15. The average Bonchev–Trinajstić information content (AvgIpc) is 2.92. The number of carbonyl (C=O) groups is 1. The lowest BCUT2D eigenvalue weighted by molar-refractivity contribution is -0.225. The molecule has 2 aliphatic heterocycles. The lowest BCUT2D eigenvalue weighted by Gasteiger charge is -2.44. The summed E-state index contributed by atoms with van der Waals surface area (Å²) in [6.45, 7) is 4.67. The van der Waals surface area contributed by atoms with Crippen LogP contribution in [-0.2, 0) is 16.1 Å². The molecule has 1 spiro atoms. The van der Waals surface area contributed by atoms with Crippen molar-refractivity contribution in [3.8, 4) is 11.5 Å². The quantitative estimate of drug-likeness (QED) is 0.719. The smallest absolute Gasteiger partial charge is 0.274 e. The molecule has 4 rings (SSSR count). The highest BCUT2D eigenvalue weighted by molar-refractivity contribution is 6.11. The molecule has 3 N–H and O–H groups in total. The van der Waals surface area contributed by atoms with E-state index in [2.05, 4.69) is 0 Å². The number of ketones is 1. The van der Waals surface area contributed by atoms with Crippen LogP contribution in [0.4, 0.5) is 0 Å². The van der Waals surface area contributed by atoms with Gasteiger partial charge in [-0.3, -0.25) is 4.79 Å². The van der Waals surface area contributed by atoms with Gasteiger partial charge in [0.05, 0.1) is 31.0 Å². The maximum absolute atomic E-state index is 12.7. The maximum Gasteiger partial charge on any atom is 0.274 e. The molecule has 0 aromatic heterocycles. The Labute approximate surface area is 162 Å². The number of hydrogen-bond donors (Lipinski definition) is 3. The number of fused-ring (bicyclic) bond motifs is 1. The zero-order valence-corrected chi connectivity index (χ0v) is 16.3. The SMILES string of the molecule is COc1c(C)cc2c(c1CO)C=C1C(=O)C=C[C@@]3(O)C[C@H](C(C)(C)O)O[C@@]13O2. The molecule has 1 aliphatic carbocycles. The first-order chi connectivity index (χ1) is 13.1. The van der Waals surface area contributed by atoms with Crippen molar-refractivity contribution in [3.63, 3.8) is 0 Å². The van der Waals surface area contributed by atoms with E-state index in [1.807, 2.05) is 6.92 Å². The Morgan fingerprint density at radius 3 is 2.71 bits per heavy atom. The second-order valence-electron chi connectivity index (χ2n) is 8.14. The number of allylic oxidation sites excluding steroid dienone is 1. The summed E-state index contributed by atoms with van der Waals surface area (Å²) in [5, 5.41) is 31.7. The fourth-order valence-electron chi connectivity index (χ4n) is 4.26. The van der Waals surface area contributed by atoms with Crippen LogP contribution in [-0.4, -0.2) is 51.3 Å². The van der Waals surface area contributed by atoms with Gasteiger partial charge in [-0.2, -0.15) is 0 Å². The number of carbonyl (C=O) groups excluding carboxylic acids is 1. The molecule has 0 saturated carbocycles. The molecule has 7 nitrogen and oxygen atoms in total. The highest BCUT2D eigenvalue weighted by atomic mass is 16.7. The van der Waals surface area contributed by atoms with Gasteiger partial charge in [0.1, 0.15) is 11.5 Å². The van der Waals surface area contributed by atoms with Crippen LogP contribution in [0.25, 0.3) is 6.08 Å². The molecule has 0 bridgehead atoms. The first kappa shape index (κ1) is 19.1. The van der Waals surface area contributed by atoms with E-state index in [1.165, 1.54) is 19.3 Å². The van der Waals surface area contributed by atoms with Gasteiger partial charge < -0.3 is 29.5 Å². The molecule has 1 aromatic carbocycles. The van der Waals surface area contributed by atoms with E-state index < -0.39 is 23.1 Å².